The fraction of sp³-hybridized carbons (Fsp3) is 0.889. The third-order valence-corrected chi connectivity index (χ3v) is 5.46. The summed E-state index contributed by atoms with van der Waals surface area (Å²) in [5.74, 6) is 1.24. The number of hydrazine groups is 1. The summed E-state index contributed by atoms with van der Waals surface area (Å²) < 4.78 is 13.0. The predicted molar refractivity (Wildman–Crippen MR) is 95.1 cm³/mol. The topological polar surface area (TPSA) is 21.8 Å². The Bertz CT molecular complexity index is 359. The molecule has 2 fully saturated rings. The molecule has 0 aliphatic carbocycles. The Kier molecular flexibility index (Phi) is 7.47. The Morgan fingerprint density at radius 2 is 2.09 bits per heavy atom. The van der Waals surface area contributed by atoms with Crippen LogP contribution in [-0.2, 0) is 0 Å². The van der Waals surface area contributed by atoms with Crippen LogP contribution in [0.3, 0.4) is 0 Å². The zero-order valence-electron chi connectivity index (χ0n) is 15.2. The number of hydrogen-bond donors (Lipinski definition) is 1. The first-order valence-electron chi connectivity index (χ1n) is 9.12. The molecule has 0 radical (unpaired) electrons. The molecule has 134 valence electrons. The molecule has 0 aromatic rings. The van der Waals surface area contributed by atoms with Crippen LogP contribution in [0.15, 0.2) is 12.7 Å². The van der Waals surface area contributed by atoms with Gasteiger partial charge in [0.1, 0.15) is 6.17 Å². The molecular formula is C18H35FN4. The average molecular weight is 327 g/mol. The van der Waals surface area contributed by atoms with E-state index in [2.05, 4.69) is 47.8 Å². The van der Waals surface area contributed by atoms with Crippen molar-refractivity contribution in [3.05, 3.63) is 12.7 Å². The lowest BCUT2D eigenvalue weighted by Gasteiger charge is -2.40. The molecule has 2 heterocycles. The summed E-state index contributed by atoms with van der Waals surface area (Å²) in [7, 11) is 4.36. The van der Waals surface area contributed by atoms with Gasteiger partial charge in [0, 0.05) is 52.9 Å². The highest BCUT2D eigenvalue weighted by atomic mass is 19.1. The van der Waals surface area contributed by atoms with E-state index in [4.69, 9.17) is 0 Å². The first-order valence-corrected chi connectivity index (χ1v) is 9.12. The average Bonchev–Trinajstić information content (AvgIpc) is 2.48. The molecule has 1 N–H and O–H groups in total. The van der Waals surface area contributed by atoms with E-state index in [1.165, 1.54) is 12.8 Å². The maximum absolute atomic E-state index is 13.0. The van der Waals surface area contributed by atoms with Crippen LogP contribution in [0.5, 0.6) is 0 Å². The first kappa shape index (κ1) is 18.8. The number of alkyl halides is 1. The van der Waals surface area contributed by atoms with Gasteiger partial charge in [0.05, 0.1) is 0 Å². The van der Waals surface area contributed by atoms with Crippen molar-refractivity contribution in [1.82, 2.24) is 20.2 Å². The van der Waals surface area contributed by atoms with Gasteiger partial charge in [0.15, 0.2) is 0 Å². The van der Waals surface area contributed by atoms with Crippen LogP contribution < -0.4 is 5.32 Å². The van der Waals surface area contributed by atoms with Gasteiger partial charge in [-0.25, -0.2) is 14.4 Å². The Morgan fingerprint density at radius 3 is 2.70 bits per heavy atom. The minimum Gasteiger partial charge on any atom is -0.314 e. The fourth-order valence-corrected chi connectivity index (χ4v) is 3.82. The highest BCUT2D eigenvalue weighted by Gasteiger charge is 2.29. The van der Waals surface area contributed by atoms with Crippen molar-refractivity contribution in [2.24, 2.45) is 11.8 Å². The Labute approximate surface area is 141 Å². The maximum atomic E-state index is 13.0. The normalized spacial score (nSPS) is 28.1. The van der Waals surface area contributed by atoms with Gasteiger partial charge in [-0.15, -0.1) is 6.58 Å². The van der Waals surface area contributed by atoms with Crippen molar-refractivity contribution in [3.8, 4) is 0 Å². The fourth-order valence-electron chi connectivity index (χ4n) is 3.82. The van der Waals surface area contributed by atoms with E-state index in [-0.39, 0.29) is 0 Å². The Hall–Kier alpha value is -0.490. The lowest BCUT2D eigenvalue weighted by Crippen LogP contribution is -2.52. The molecule has 3 atom stereocenters. The van der Waals surface area contributed by atoms with Crippen LogP contribution >= 0.6 is 0 Å². The van der Waals surface area contributed by atoms with Crippen LogP contribution in [0.1, 0.15) is 26.2 Å². The summed E-state index contributed by atoms with van der Waals surface area (Å²) in [6, 6.07) is 0.603. The van der Waals surface area contributed by atoms with Crippen molar-refractivity contribution < 1.29 is 4.39 Å². The number of nitrogens with one attached hydrogen (secondary N) is 1. The Morgan fingerprint density at radius 1 is 1.35 bits per heavy atom. The summed E-state index contributed by atoms with van der Waals surface area (Å²) >= 11 is 0. The zero-order valence-corrected chi connectivity index (χ0v) is 15.2. The van der Waals surface area contributed by atoms with Crippen molar-refractivity contribution in [3.63, 3.8) is 0 Å². The number of piperidine rings is 1. The van der Waals surface area contributed by atoms with Crippen molar-refractivity contribution >= 4 is 0 Å². The molecule has 4 nitrogen and oxygen atoms in total. The van der Waals surface area contributed by atoms with Gasteiger partial charge < -0.3 is 5.32 Å². The number of allylic oxidation sites excluding steroid dienone is 1. The van der Waals surface area contributed by atoms with Crippen molar-refractivity contribution in [2.75, 3.05) is 53.4 Å². The number of rotatable bonds is 9. The summed E-state index contributed by atoms with van der Waals surface area (Å²) in [5, 5.41) is 8.28. The van der Waals surface area contributed by atoms with Crippen LogP contribution in [0, 0.1) is 11.8 Å². The standard InChI is InChI=1S/C18H35FN4/c1-5-7-16(11-23-13-18(19)14-23)10-21(3)22(4)12-17-8-6-9-20-15(17)2/h5,15-18,20H,1,6-14H2,2-4H3. The quantitative estimate of drug-likeness (QED) is 0.517. The molecule has 2 aliphatic rings. The van der Waals surface area contributed by atoms with E-state index in [1.807, 2.05) is 6.08 Å². The SMILES string of the molecule is C=CCC(CN1CC(F)C1)CN(C)N(C)CC1CCCNC1C. The first-order chi connectivity index (χ1) is 11.0. The summed E-state index contributed by atoms with van der Waals surface area (Å²) in [6.07, 6.45) is 4.98. The lowest BCUT2D eigenvalue weighted by atomic mass is 9.92. The van der Waals surface area contributed by atoms with Gasteiger partial charge in [-0.05, 0) is 44.6 Å². The van der Waals surface area contributed by atoms with Crippen LogP contribution in [0.2, 0.25) is 0 Å². The third kappa shape index (κ3) is 5.82. The molecular weight excluding hydrogens is 291 g/mol. The number of likely N-dealkylation sites (tertiary alicyclic amines) is 1. The number of hydrogen-bond acceptors (Lipinski definition) is 4. The molecule has 5 heteroatoms. The molecule has 0 aromatic heterocycles. The molecule has 2 aliphatic heterocycles. The number of nitrogens with zero attached hydrogens (tertiary/aromatic N) is 3. The van der Waals surface area contributed by atoms with Gasteiger partial charge in [0.2, 0.25) is 0 Å². The second kappa shape index (κ2) is 9.11. The number of halogens is 1. The van der Waals surface area contributed by atoms with Crippen molar-refractivity contribution in [2.45, 2.75) is 38.4 Å². The van der Waals surface area contributed by atoms with E-state index >= 15 is 0 Å². The third-order valence-electron chi connectivity index (χ3n) is 5.46. The molecule has 2 rings (SSSR count). The molecule has 0 saturated carbocycles. The van der Waals surface area contributed by atoms with Crippen LogP contribution in [0.25, 0.3) is 0 Å². The summed E-state index contributed by atoms with van der Waals surface area (Å²) in [5.41, 5.74) is 0. The highest BCUT2D eigenvalue weighted by molar-refractivity contribution is 4.85. The second-order valence-corrected chi connectivity index (χ2v) is 7.53. The molecule has 0 aromatic carbocycles. The van der Waals surface area contributed by atoms with Gasteiger partial charge in [-0.3, -0.25) is 4.90 Å². The zero-order chi connectivity index (χ0) is 16.8. The molecule has 0 spiro atoms. The van der Waals surface area contributed by atoms with E-state index in [0.717, 1.165) is 38.5 Å². The molecule has 3 unspecified atom stereocenters. The van der Waals surface area contributed by atoms with E-state index in [1.54, 1.807) is 0 Å². The predicted octanol–water partition coefficient (Wildman–Crippen LogP) is 2.00. The minimum atomic E-state index is -0.611. The van der Waals surface area contributed by atoms with Gasteiger partial charge in [-0.2, -0.15) is 0 Å². The Balaban J connectivity index is 1.77. The summed E-state index contributed by atoms with van der Waals surface area (Å²) in [6.45, 7) is 11.6. The van der Waals surface area contributed by atoms with Crippen LogP contribution in [-0.4, -0.2) is 80.5 Å². The summed E-state index contributed by atoms with van der Waals surface area (Å²) in [4.78, 5) is 2.22. The molecule has 23 heavy (non-hydrogen) atoms. The lowest BCUT2D eigenvalue weighted by molar-refractivity contribution is -0.0198. The van der Waals surface area contributed by atoms with Gasteiger partial charge >= 0.3 is 0 Å². The monoisotopic (exact) mass is 326 g/mol. The van der Waals surface area contributed by atoms with Crippen molar-refractivity contribution in [1.29, 1.82) is 0 Å². The van der Waals surface area contributed by atoms with Crippen LogP contribution in [0.4, 0.5) is 4.39 Å². The minimum absolute atomic E-state index is 0.523. The second-order valence-electron chi connectivity index (χ2n) is 7.53. The van der Waals surface area contributed by atoms with E-state index < -0.39 is 6.17 Å². The van der Waals surface area contributed by atoms with Gasteiger partial charge in [-0.1, -0.05) is 6.08 Å². The largest absolute Gasteiger partial charge is 0.314 e. The molecule has 0 amide bonds. The molecule has 2 saturated heterocycles. The smallest absolute Gasteiger partial charge is 0.125 e. The highest BCUT2D eigenvalue weighted by Crippen LogP contribution is 2.19. The van der Waals surface area contributed by atoms with Gasteiger partial charge in [0.25, 0.3) is 0 Å². The maximum Gasteiger partial charge on any atom is 0.125 e. The van der Waals surface area contributed by atoms with E-state index in [9.17, 15) is 4.39 Å². The van der Waals surface area contributed by atoms with E-state index in [0.29, 0.717) is 25.0 Å². The molecule has 0 bridgehead atoms.